The molecule has 0 radical (unpaired) electrons. The van der Waals surface area contributed by atoms with Crippen molar-refractivity contribution >= 4 is 11.7 Å². The van der Waals surface area contributed by atoms with Crippen molar-refractivity contribution < 1.29 is 14.3 Å². The minimum Gasteiger partial charge on any atom is -0.376 e. The molecule has 0 bridgehead atoms. The highest BCUT2D eigenvalue weighted by atomic mass is 16.5. The summed E-state index contributed by atoms with van der Waals surface area (Å²) in [5.74, 6) is 0.810. The van der Waals surface area contributed by atoms with E-state index in [0.717, 1.165) is 25.3 Å². The van der Waals surface area contributed by atoms with Crippen molar-refractivity contribution in [3.63, 3.8) is 0 Å². The highest BCUT2D eigenvalue weighted by Gasteiger charge is 2.27. The smallest absolute Gasteiger partial charge is 0.251 e. The minimum atomic E-state index is -0.448. The molecule has 1 aromatic rings. The van der Waals surface area contributed by atoms with E-state index in [-0.39, 0.29) is 12.0 Å². The molecule has 0 spiro atoms. The molecule has 134 valence electrons. The molecule has 3 heterocycles. The first-order valence-electron chi connectivity index (χ1n) is 8.80. The fourth-order valence-corrected chi connectivity index (χ4v) is 3.17. The Balaban J connectivity index is 1.47. The van der Waals surface area contributed by atoms with E-state index >= 15 is 0 Å². The van der Waals surface area contributed by atoms with Crippen molar-refractivity contribution in [2.75, 3.05) is 44.3 Å². The number of rotatable bonds is 5. The van der Waals surface area contributed by atoms with E-state index in [1.165, 1.54) is 0 Å². The molecule has 2 unspecified atom stereocenters. The van der Waals surface area contributed by atoms with Gasteiger partial charge in [0.25, 0.3) is 5.91 Å². The summed E-state index contributed by atoms with van der Waals surface area (Å²) < 4.78 is 11.2. The first-order chi connectivity index (χ1) is 12.2. The van der Waals surface area contributed by atoms with Crippen LogP contribution < -0.4 is 4.90 Å². The Hall–Kier alpha value is -2.17. The highest BCUT2D eigenvalue weighted by Crippen LogP contribution is 2.16. The van der Waals surface area contributed by atoms with Gasteiger partial charge < -0.3 is 19.3 Å². The van der Waals surface area contributed by atoms with Crippen LogP contribution in [0.25, 0.3) is 0 Å². The number of nitriles is 1. The zero-order chi connectivity index (χ0) is 17.6. The van der Waals surface area contributed by atoms with E-state index < -0.39 is 6.10 Å². The van der Waals surface area contributed by atoms with Crippen LogP contribution in [0.15, 0.2) is 18.3 Å². The van der Waals surface area contributed by atoms with Crippen LogP contribution in [-0.4, -0.2) is 67.4 Å². The van der Waals surface area contributed by atoms with Crippen LogP contribution in [0.2, 0.25) is 0 Å². The molecule has 25 heavy (non-hydrogen) atoms. The summed E-state index contributed by atoms with van der Waals surface area (Å²) in [6, 6.07) is 5.60. The predicted octanol–water partition coefficient (Wildman–Crippen LogP) is 1.19. The first kappa shape index (κ1) is 17.6. The second-order valence-corrected chi connectivity index (χ2v) is 6.44. The normalized spacial score (nSPS) is 21.8. The van der Waals surface area contributed by atoms with Crippen molar-refractivity contribution in [1.82, 2.24) is 9.88 Å². The van der Waals surface area contributed by atoms with Gasteiger partial charge >= 0.3 is 0 Å². The summed E-state index contributed by atoms with van der Waals surface area (Å²) in [7, 11) is 0. The second kappa shape index (κ2) is 8.28. The van der Waals surface area contributed by atoms with Crippen molar-refractivity contribution in [3.05, 3.63) is 23.9 Å². The summed E-state index contributed by atoms with van der Waals surface area (Å²) in [5.41, 5.74) is 0.597. The van der Waals surface area contributed by atoms with E-state index in [2.05, 4.69) is 16.0 Å². The molecule has 0 aromatic carbocycles. The molecule has 7 heteroatoms. The number of hydrogen-bond donors (Lipinski definition) is 0. The van der Waals surface area contributed by atoms with Gasteiger partial charge in [0.2, 0.25) is 0 Å². The molecule has 2 fully saturated rings. The van der Waals surface area contributed by atoms with Crippen LogP contribution in [0, 0.1) is 11.3 Å². The monoisotopic (exact) mass is 344 g/mol. The lowest BCUT2D eigenvalue weighted by molar-refractivity contribution is -0.144. The molecule has 1 aromatic heterocycles. The van der Waals surface area contributed by atoms with Gasteiger partial charge in [-0.15, -0.1) is 0 Å². The fourth-order valence-electron chi connectivity index (χ4n) is 3.17. The molecule has 0 N–H and O–H groups in total. The zero-order valence-corrected chi connectivity index (χ0v) is 14.6. The number of carbonyl (C=O) groups is 1. The van der Waals surface area contributed by atoms with Crippen molar-refractivity contribution in [1.29, 1.82) is 5.26 Å². The third-order valence-electron chi connectivity index (χ3n) is 4.69. The van der Waals surface area contributed by atoms with Crippen LogP contribution >= 0.6 is 0 Å². The van der Waals surface area contributed by atoms with E-state index in [1.54, 1.807) is 18.3 Å². The molecule has 2 aliphatic heterocycles. The molecule has 1 amide bonds. The van der Waals surface area contributed by atoms with E-state index in [0.29, 0.717) is 38.3 Å². The Labute approximate surface area is 148 Å². The summed E-state index contributed by atoms with van der Waals surface area (Å²) in [6.45, 7) is 5.74. The third-order valence-corrected chi connectivity index (χ3v) is 4.69. The standard InChI is InChI=1S/C18H24N4O3/c1-14(25-13-16-3-2-10-24-16)18(23)22-8-6-21(7-9-22)17-11-15(12-19)4-5-20-17/h4-5,11,14,16H,2-3,6-10,13H2,1H3. The average molecular weight is 344 g/mol. The number of aromatic nitrogens is 1. The van der Waals surface area contributed by atoms with E-state index in [4.69, 9.17) is 14.7 Å². The van der Waals surface area contributed by atoms with Crippen molar-refractivity contribution in [2.24, 2.45) is 0 Å². The maximum Gasteiger partial charge on any atom is 0.251 e. The number of carbonyl (C=O) groups excluding carboxylic acids is 1. The molecule has 2 aliphatic rings. The van der Waals surface area contributed by atoms with Gasteiger partial charge in [-0.1, -0.05) is 0 Å². The summed E-state index contributed by atoms with van der Waals surface area (Å²) in [5, 5.41) is 8.99. The number of piperazine rings is 1. The summed E-state index contributed by atoms with van der Waals surface area (Å²) >= 11 is 0. The van der Waals surface area contributed by atoms with Gasteiger partial charge in [0.15, 0.2) is 0 Å². The fraction of sp³-hybridized carbons (Fsp3) is 0.611. The summed E-state index contributed by atoms with van der Waals surface area (Å²) in [6.07, 6.45) is 3.40. The molecule has 0 aliphatic carbocycles. The number of hydrogen-bond acceptors (Lipinski definition) is 6. The van der Waals surface area contributed by atoms with Crippen LogP contribution in [0.5, 0.6) is 0 Å². The van der Waals surface area contributed by atoms with Crippen molar-refractivity contribution in [2.45, 2.75) is 32.0 Å². The molecular weight excluding hydrogens is 320 g/mol. The maximum absolute atomic E-state index is 12.5. The molecule has 2 saturated heterocycles. The van der Waals surface area contributed by atoms with E-state index in [9.17, 15) is 4.79 Å². The Bertz CT molecular complexity index is 631. The lowest BCUT2D eigenvalue weighted by Crippen LogP contribution is -2.51. The third kappa shape index (κ3) is 4.47. The van der Waals surface area contributed by atoms with Crippen LogP contribution in [0.4, 0.5) is 5.82 Å². The quantitative estimate of drug-likeness (QED) is 0.798. The molecule has 2 atom stereocenters. The van der Waals surface area contributed by atoms with Crippen LogP contribution in [0.1, 0.15) is 25.3 Å². The first-order valence-corrected chi connectivity index (χ1v) is 8.80. The lowest BCUT2D eigenvalue weighted by atomic mass is 10.2. The van der Waals surface area contributed by atoms with Gasteiger partial charge in [-0.3, -0.25) is 4.79 Å². The number of amides is 1. The maximum atomic E-state index is 12.5. The van der Waals surface area contributed by atoms with Crippen LogP contribution in [-0.2, 0) is 14.3 Å². The molecule has 3 rings (SSSR count). The zero-order valence-electron chi connectivity index (χ0n) is 14.6. The Morgan fingerprint density at radius 1 is 1.48 bits per heavy atom. The van der Waals surface area contributed by atoms with Crippen molar-refractivity contribution in [3.8, 4) is 6.07 Å². The van der Waals surface area contributed by atoms with Gasteiger partial charge in [-0.05, 0) is 31.9 Å². The Morgan fingerprint density at radius 2 is 2.28 bits per heavy atom. The topological polar surface area (TPSA) is 78.7 Å². The predicted molar refractivity (Wildman–Crippen MR) is 92.1 cm³/mol. The highest BCUT2D eigenvalue weighted by molar-refractivity contribution is 5.80. The Kier molecular flexibility index (Phi) is 5.84. The molecule has 0 saturated carbocycles. The minimum absolute atomic E-state index is 0.0244. The van der Waals surface area contributed by atoms with Gasteiger partial charge in [-0.25, -0.2) is 4.98 Å². The van der Waals surface area contributed by atoms with E-state index in [1.807, 2.05) is 11.8 Å². The largest absolute Gasteiger partial charge is 0.376 e. The number of nitrogens with zero attached hydrogens (tertiary/aromatic N) is 4. The van der Waals surface area contributed by atoms with Crippen LogP contribution in [0.3, 0.4) is 0 Å². The number of pyridine rings is 1. The summed E-state index contributed by atoms with van der Waals surface area (Å²) in [4.78, 5) is 20.8. The van der Waals surface area contributed by atoms with Gasteiger partial charge in [0.05, 0.1) is 24.3 Å². The number of ether oxygens (including phenoxy) is 2. The lowest BCUT2D eigenvalue weighted by Gasteiger charge is -2.36. The van der Waals surface area contributed by atoms with Gasteiger partial charge in [-0.2, -0.15) is 5.26 Å². The average Bonchev–Trinajstić information content (AvgIpc) is 3.19. The van der Waals surface area contributed by atoms with Gasteiger partial charge in [0, 0.05) is 39.0 Å². The molecule has 7 nitrogen and oxygen atoms in total. The SMILES string of the molecule is CC(OCC1CCCO1)C(=O)N1CCN(c2cc(C#N)ccn2)CC1. The molecular formula is C18H24N4O3. The van der Waals surface area contributed by atoms with Gasteiger partial charge in [0.1, 0.15) is 11.9 Å². The second-order valence-electron chi connectivity index (χ2n) is 6.44. The Morgan fingerprint density at radius 3 is 2.96 bits per heavy atom. The number of anilines is 1.